The summed E-state index contributed by atoms with van der Waals surface area (Å²) in [4.78, 5) is 2.17. The Balaban J connectivity index is 2.24. The molecule has 108 valence electrons. The van der Waals surface area contributed by atoms with Crippen molar-refractivity contribution in [3.8, 4) is 0 Å². The number of hydrogen-bond donors (Lipinski definition) is 2. The van der Waals surface area contributed by atoms with Crippen LogP contribution in [0, 0.1) is 6.92 Å². The highest BCUT2D eigenvalue weighted by molar-refractivity contribution is 7.80. The molecule has 0 bridgehead atoms. The SMILES string of the molecule is CCn1ncc(CNC(=S)NCCCN(C)C)c1C. The topological polar surface area (TPSA) is 45.1 Å². The molecular formula is C13H25N5S. The van der Waals surface area contributed by atoms with Gasteiger partial charge in [0.25, 0.3) is 0 Å². The van der Waals surface area contributed by atoms with Crippen LogP contribution >= 0.6 is 12.2 Å². The normalized spacial score (nSPS) is 10.8. The van der Waals surface area contributed by atoms with Gasteiger partial charge in [0, 0.05) is 30.9 Å². The molecule has 1 rings (SSSR count). The summed E-state index contributed by atoms with van der Waals surface area (Å²) >= 11 is 5.25. The summed E-state index contributed by atoms with van der Waals surface area (Å²) in [6, 6.07) is 0. The van der Waals surface area contributed by atoms with Crippen molar-refractivity contribution in [2.75, 3.05) is 27.2 Å². The Bertz CT molecular complexity index is 400. The lowest BCUT2D eigenvalue weighted by atomic mass is 10.2. The van der Waals surface area contributed by atoms with Crippen molar-refractivity contribution >= 4 is 17.3 Å². The van der Waals surface area contributed by atoms with Gasteiger partial charge in [-0.05, 0) is 53.1 Å². The maximum absolute atomic E-state index is 5.25. The molecule has 19 heavy (non-hydrogen) atoms. The van der Waals surface area contributed by atoms with Crippen LogP contribution in [0.15, 0.2) is 6.20 Å². The second-order valence-corrected chi connectivity index (χ2v) is 5.25. The molecule has 0 aliphatic rings. The van der Waals surface area contributed by atoms with Crippen LogP contribution in [0.5, 0.6) is 0 Å². The minimum absolute atomic E-state index is 0.711. The number of nitrogens with one attached hydrogen (secondary N) is 2. The minimum Gasteiger partial charge on any atom is -0.363 e. The second kappa shape index (κ2) is 8.12. The first-order chi connectivity index (χ1) is 9.04. The summed E-state index contributed by atoms with van der Waals surface area (Å²) < 4.78 is 1.99. The van der Waals surface area contributed by atoms with Crippen LogP contribution in [-0.4, -0.2) is 47.0 Å². The van der Waals surface area contributed by atoms with E-state index in [2.05, 4.69) is 48.6 Å². The maximum atomic E-state index is 5.25. The molecule has 0 unspecified atom stereocenters. The molecule has 0 aliphatic heterocycles. The van der Waals surface area contributed by atoms with Crippen molar-refractivity contribution in [3.05, 3.63) is 17.5 Å². The van der Waals surface area contributed by atoms with Crippen LogP contribution in [0.1, 0.15) is 24.6 Å². The second-order valence-electron chi connectivity index (χ2n) is 4.84. The number of rotatable bonds is 7. The number of thiocarbonyl (C=S) groups is 1. The summed E-state index contributed by atoms with van der Waals surface area (Å²) in [5.41, 5.74) is 2.39. The van der Waals surface area contributed by atoms with E-state index in [0.29, 0.717) is 5.11 Å². The molecule has 0 radical (unpaired) electrons. The Labute approximate surface area is 121 Å². The van der Waals surface area contributed by atoms with Crippen LogP contribution < -0.4 is 10.6 Å². The molecule has 0 spiro atoms. The quantitative estimate of drug-likeness (QED) is 0.580. The van der Waals surface area contributed by atoms with Gasteiger partial charge in [-0.2, -0.15) is 5.10 Å². The zero-order valence-electron chi connectivity index (χ0n) is 12.4. The van der Waals surface area contributed by atoms with E-state index in [1.54, 1.807) is 0 Å². The predicted octanol–water partition coefficient (Wildman–Crippen LogP) is 1.13. The Kier molecular flexibility index (Phi) is 6.80. The Morgan fingerprint density at radius 2 is 2.16 bits per heavy atom. The van der Waals surface area contributed by atoms with Crippen molar-refractivity contribution in [2.24, 2.45) is 0 Å². The lowest BCUT2D eigenvalue weighted by molar-refractivity contribution is 0.400. The van der Waals surface area contributed by atoms with E-state index in [-0.39, 0.29) is 0 Å². The molecule has 6 heteroatoms. The van der Waals surface area contributed by atoms with E-state index in [4.69, 9.17) is 12.2 Å². The molecule has 0 aromatic carbocycles. The van der Waals surface area contributed by atoms with Crippen LogP contribution in [0.3, 0.4) is 0 Å². The Morgan fingerprint density at radius 3 is 2.74 bits per heavy atom. The van der Waals surface area contributed by atoms with Gasteiger partial charge < -0.3 is 15.5 Å². The Hall–Kier alpha value is -1.14. The summed E-state index contributed by atoms with van der Waals surface area (Å²) in [5, 5.41) is 11.5. The van der Waals surface area contributed by atoms with Crippen molar-refractivity contribution < 1.29 is 0 Å². The fraction of sp³-hybridized carbons (Fsp3) is 0.692. The van der Waals surface area contributed by atoms with Crippen molar-refractivity contribution in [1.29, 1.82) is 0 Å². The third kappa shape index (κ3) is 5.57. The van der Waals surface area contributed by atoms with Gasteiger partial charge >= 0.3 is 0 Å². The van der Waals surface area contributed by atoms with E-state index in [0.717, 1.165) is 32.6 Å². The average molecular weight is 283 g/mol. The van der Waals surface area contributed by atoms with Crippen LogP contribution in [0.4, 0.5) is 0 Å². The highest BCUT2D eigenvalue weighted by atomic mass is 32.1. The fourth-order valence-electron chi connectivity index (χ4n) is 1.81. The molecule has 2 N–H and O–H groups in total. The molecule has 0 saturated heterocycles. The van der Waals surface area contributed by atoms with Crippen molar-refractivity contribution in [2.45, 2.75) is 33.4 Å². The predicted molar refractivity (Wildman–Crippen MR) is 83.2 cm³/mol. The van der Waals surface area contributed by atoms with E-state index >= 15 is 0 Å². The van der Waals surface area contributed by atoms with E-state index in [1.807, 2.05) is 10.9 Å². The summed E-state index contributed by atoms with van der Waals surface area (Å²) in [7, 11) is 4.15. The molecule has 1 aromatic heterocycles. The number of nitrogens with zero attached hydrogens (tertiary/aromatic N) is 3. The van der Waals surface area contributed by atoms with Crippen molar-refractivity contribution in [3.63, 3.8) is 0 Å². The largest absolute Gasteiger partial charge is 0.363 e. The molecule has 1 aromatic rings. The number of aryl methyl sites for hydroxylation is 1. The smallest absolute Gasteiger partial charge is 0.166 e. The van der Waals surface area contributed by atoms with Gasteiger partial charge in [0.15, 0.2) is 5.11 Å². The standard InChI is InChI=1S/C13H25N5S/c1-5-18-11(2)12(10-16-18)9-15-13(19)14-7-6-8-17(3)4/h10H,5-9H2,1-4H3,(H2,14,15,19). The lowest BCUT2D eigenvalue weighted by Crippen LogP contribution is -2.36. The molecular weight excluding hydrogens is 258 g/mol. The molecule has 0 saturated carbocycles. The average Bonchev–Trinajstić information content (AvgIpc) is 2.72. The van der Waals surface area contributed by atoms with Gasteiger partial charge in [0.1, 0.15) is 0 Å². The molecule has 5 nitrogen and oxygen atoms in total. The summed E-state index contributed by atoms with van der Waals surface area (Å²) in [5.74, 6) is 0. The Morgan fingerprint density at radius 1 is 1.42 bits per heavy atom. The number of aromatic nitrogens is 2. The summed E-state index contributed by atoms with van der Waals surface area (Å²) in [6.07, 6.45) is 2.99. The molecule has 0 amide bonds. The van der Waals surface area contributed by atoms with Gasteiger partial charge in [-0.15, -0.1) is 0 Å². The van der Waals surface area contributed by atoms with Crippen LogP contribution in [-0.2, 0) is 13.1 Å². The van der Waals surface area contributed by atoms with Crippen LogP contribution in [0.25, 0.3) is 0 Å². The molecule has 0 atom stereocenters. The first-order valence-corrected chi connectivity index (χ1v) is 7.13. The lowest BCUT2D eigenvalue weighted by Gasteiger charge is -2.12. The van der Waals surface area contributed by atoms with Gasteiger partial charge in [-0.1, -0.05) is 0 Å². The summed E-state index contributed by atoms with van der Waals surface area (Å²) in [6.45, 7) is 7.77. The zero-order valence-corrected chi connectivity index (χ0v) is 13.2. The highest BCUT2D eigenvalue weighted by Gasteiger charge is 2.05. The van der Waals surface area contributed by atoms with E-state index in [1.165, 1.54) is 11.3 Å². The molecule has 1 heterocycles. The van der Waals surface area contributed by atoms with Gasteiger partial charge in [-0.3, -0.25) is 4.68 Å². The molecule has 0 fully saturated rings. The van der Waals surface area contributed by atoms with Crippen LogP contribution in [0.2, 0.25) is 0 Å². The molecule has 0 aliphatic carbocycles. The van der Waals surface area contributed by atoms with E-state index in [9.17, 15) is 0 Å². The first kappa shape index (κ1) is 15.9. The minimum atomic E-state index is 0.711. The van der Waals surface area contributed by atoms with Gasteiger partial charge in [0.05, 0.1) is 6.20 Å². The third-order valence-corrected chi connectivity index (χ3v) is 3.30. The van der Waals surface area contributed by atoms with Gasteiger partial charge in [-0.25, -0.2) is 0 Å². The van der Waals surface area contributed by atoms with Crippen molar-refractivity contribution in [1.82, 2.24) is 25.3 Å². The monoisotopic (exact) mass is 283 g/mol. The zero-order chi connectivity index (χ0) is 14.3. The maximum Gasteiger partial charge on any atom is 0.166 e. The highest BCUT2D eigenvalue weighted by Crippen LogP contribution is 2.06. The number of hydrogen-bond acceptors (Lipinski definition) is 3. The van der Waals surface area contributed by atoms with Gasteiger partial charge in [0.2, 0.25) is 0 Å². The third-order valence-electron chi connectivity index (χ3n) is 3.01. The first-order valence-electron chi connectivity index (χ1n) is 6.72. The van der Waals surface area contributed by atoms with E-state index < -0.39 is 0 Å². The fourth-order valence-corrected chi connectivity index (χ4v) is 1.99.